The van der Waals surface area contributed by atoms with Gasteiger partial charge in [0, 0.05) is 29.7 Å². The fourth-order valence-electron chi connectivity index (χ4n) is 3.20. The number of rotatable bonds is 5. The largest absolute Gasteiger partial charge is 0.481 e. The molecule has 0 spiro atoms. The third kappa shape index (κ3) is 4.54. The molecule has 1 aliphatic heterocycles. The monoisotopic (exact) mass is 430 g/mol. The van der Waals surface area contributed by atoms with Crippen molar-refractivity contribution in [2.45, 2.75) is 19.0 Å². The molecule has 1 N–H and O–H groups in total. The van der Waals surface area contributed by atoms with Crippen LogP contribution < -0.4 is 0 Å². The van der Waals surface area contributed by atoms with Crippen LogP contribution in [-0.4, -0.2) is 51.8 Å². The minimum atomic E-state index is -1.11. The SMILES string of the molecule is O=C(O)CC1C(=O)N(Cc2cccc(Br)c2)CCN1C(=O)c1ccccc1. The first-order chi connectivity index (χ1) is 13.0. The van der Waals surface area contributed by atoms with Gasteiger partial charge in [0.05, 0.1) is 6.42 Å². The first-order valence-corrected chi connectivity index (χ1v) is 9.36. The predicted molar refractivity (Wildman–Crippen MR) is 103 cm³/mol. The van der Waals surface area contributed by atoms with Crippen LogP contribution in [0.2, 0.25) is 0 Å². The van der Waals surface area contributed by atoms with Gasteiger partial charge in [-0.05, 0) is 29.8 Å². The lowest BCUT2D eigenvalue weighted by atomic mass is 10.0. The number of carbonyl (C=O) groups is 3. The van der Waals surface area contributed by atoms with Crippen LogP contribution in [0.4, 0.5) is 0 Å². The van der Waals surface area contributed by atoms with Gasteiger partial charge in [-0.15, -0.1) is 0 Å². The molecule has 1 fully saturated rings. The molecule has 1 aliphatic rings. The normalized spacial score (nSPS) is 17.1. The van der Waals surface area contributed by atoms with Crippen LogP contribution in [0.5, 0.6) is 0 Å². The van der Waals surface area contributed by atoms with Crippen molar-refractivity contribution in [2.75, 3.05) is 13.1 Å². The quantitative estimate of drug-likeness (QED) is 0.790. The van der Waals surface area contributed by atoms with Crippen molar-refractivity contribution in [2.24, 2.45) is 0 Å². The zero-order valence-electron chi connectivity index (χ0n) is 14.5. The summed E-state index contributed by atoms with van der Waals surface area (Å²) in [5.41, 5.74) is 1.38. The van der Waals surface area contributed by atoms with Crippen molar-refractivity contribution in [3.05, 3.63) is 70.2 Å². The van der Waals surface area contributed by atoms with E-state index in [-0.39, 0.29) is 11.8 Å². The number of carbonyl (C=O) groups excluding carboxylic acids is 2. The molecular formula is C20H19BrN2O4. The molecule has 2 aromatic carbocycles. The molecule has 140 valence electrons. The summed E-state index contributed by atoms with van der Waals surface area (Å²) in [7, 11) is 0. The van der Waals surface area contributed by atoms with Crippen LogP contribution in [0.1, 0.15) is 22.3 Å². The second kappa shape index (κ2) is 8.35. The molecule has 7 heteroatoms. The summed E-state index contributed by atoms with van der Waals surface area (Å²) < 4.78 is 0.910. The highest BCUT2D eigenvalue weighted by atomic mass is 79.9. The fraction of sp³-hybridized carbons (Fsp3) is 0.250. The average molecular weight is 431 g/mol. The molecule has 0 bridgehead atoms. The van der Waals surface area contributed by atoms with Crippen molar-refractivity contribution >= 4 is 33.7 Å². The minimum absolute atomic E-state index is 0.297. The van der Waals surface area contributed by atoms with Gasteiger partial charge in [0.15, 0.2) is 0 Å². The number of halogens is 1. The van der Waals surface area contributed by atoms with E-state index in [2.05, 4.69) is 15.9 Å². The van der Waals surface area contributed by atoms with Crippen LogP contribution in [0.15, 0.2) is 59.1 Å². The van der Waals surface area contributed by atoms with Crippen LogP contribution in [0, 0.1) is 0 Å². The first-order valence-electron chi connectivity index (χ1n) is 8.57. The molecule has 3 rings (SSSR count). The second-order valence-corrected chi connectivity index (χ2v) is 7.28. The zero-order chi connectivity index (χ0) is 19.4. The number of benzene rings is 2. The van der Waals surface area contributed by atoms with E-state index in [1.807, 2.05) is 24.3 Å². The predicted octanol–water partition coefficient (Wildman–Crippen LogP) is 2.78. The molecule has 0 saturated carbocycles. The van der Waals surface area contributed by atoms with Crippen molar-refractivity contribution in [3.63, 3.8) is 0 Å². The van der Waals surface area contributed by atoms with E-state index < -0.39 is 18.4 Å². The smallest absolute Gasteiger partial charge is 0.305 e. The number of aliphatic carboxylic acids is 1. The fourth-order valence-corrected chi connectivity index (χ4v) is 3.65. The number of piperazine rings is 1. The molecule has 1 heterocycles. The Morgan fingerprint density at radius 3 is 2.48 bits per heavy atom. The molecule has 2 aromatic rings. The van der Waals surface area contributed by atoms with Gasteiger partial charge in [-0.2, -0.15) is 0 Å². The Labute approximate surface area is 165 Å². The lowest BCUT2D eigenvalue weighted by molar-refractivity contribution is -0.148. The zero-order valence-corrected chi connectivity index (χ0v) is 16.1. The standard InChI is InChI=1S/C20H19BrN2O4/c21-16-8-4-5-14(11-16)13-22-9-10-23(17(20(22)27)12-18(24)25)19(26)15-6-2-1-3-7-15/h1-8,11,17H,9-10,12-13H2,(H,24,25). The van der Waals surface area contributed by atoms with Gasteiger partial charge in [0.2, 0.25) is 5.91 Å². The highest BCUT2D eigenvalue weighted by Gasteiger charge is 2.39. The van der Waals surface area contributed by atoms with E-state index in [0.29, 0.717) is 25.2 Å². The number of carboxylic acid groups (broad SMARTS) is 1. The maximum Gasteiger partial charge on any atom is 0.305 e. The van der Waals surface area contributed by atoms with Gasteiger partial charge in [0.25, 0.3) is 5.91 Å². The molecule has 2 amide bonds. The lowest BCUT2D eigenvalue weighted by Gasteiger charge is -2.40. The number of hydrogen-bond donors (Lipinski definition) is 1. The minimum Gasteiger partial charge on any atom is -0.481 e. The summed E-state index contributed by atoms with van der Waals surface area (Å²) in [4.78, 5) is 40.1. The highest BCUT2D eigenvalue weighted by molar-refractivity contribution is 9.10. The molecule has 6 nitrogen and oxygen atoms in total. The summed E-state index contributed by atoms with van der Waals surface area (Å²) in [6.07, 6.45) is -0.410. The molecular weight excluding hydrogens is 412 g/mol. The van der Waals surface area contributed by atoms with E-state index in [9.17, 15) is 19.5 Å². The summed E-state index contributed by atoms with van der Waals surface area (Å²) in [6.45, 7) is 1.03. The molecule has 0 aliphatic carbocycles. The number of amides is 2. The van der Waals surface area contributed by atoms with E-state index >= 15 is 0 Å². The Morgan fingerprint density at radius 1 is 1.07 bits per heavy atom. The van der Waals surface area contributed by atoms with Crippen LogP contribution in [0.25, 0.3) is 0 Å². The summed E-state index contributed by atoms with van der Waals surface area (Å²) >= 11 is 3.41. The van der Waals surface area contributed by atoms with E-state index in [1.165, 1.54) is 4.90 Å². The molecule has 1 atom stereocenters. The van der Waals surface area contributed by atoms with Crippen molar-refractivity contribution in [3.8, 4) is 0 Å². The Balaban J connectivity index is 1.81. The topological polar surface area (TPSA) is 77.9 Å². The summed E-state index contributed by atoms with van der Waals surface area (Å²) in [5, 5.41) is 9.25. The van der Waals surface area contributed by atoms with Crippen molar-refractivity contribution < 1.29 is 19.5 Å². The van der Waals surface area contributed by atoms with Gasteiger partial charge in [-0.3, -0.25) is 14.4 Å². The van der Waals surface area contributed by atoms with E-state index in [0.717, 1.165) is 10.0 Å². The Bertz CT molecular complexity index is 856. The Hall–Kier alpha value is -2.67. The molecule has 0 aromatic heterocycles. The van der Waals surface area contributed by atoms with Gasteiger partial charge >= 0.3 is 5.97 Å². The summed E-state index contributed by atoms with van der Waals surface area (Å²) in [6, 6.07) is 15.2. The van der Waals surface area contributed by atoms with Crippen LogP contribution in [0.3, 0.4) is 0 Å². The molecule has 0 radical (unpaired) electrons. The first kappa shape index (κ1) is 19.1. The third-order valence-electron chi connectivity index (χ3n) is 4.50. The van der Waals surface area contributed by atoms with E-state index in [4.69, 9.17) is 0 Å². The Kier molecular flexibility index (Phi) is 5.91. The van der Waals surface area contributed by atoms with E-state index in [1.54, 1.807) is 35.2 Å². The number of hydrogen-bond acceptors (Lipinski definition) is 3. The van der Waals surface area contributed by atoms with Crippen molar-refractivity contribution in [1.82, 2.24) is 9.80 Å². The van der Waals surface area contributed by atoms with Gasteiger partial charge in [0.1, 0.15) is 6.04 Å². The van der Waals surface area contributed by atoms with Gasteiger partial charge < -0.3 is 14.9 Å². The average Bonchev–Trinajstić information content (AvgIpc) is 2.65. The molecule has 1 saturated heterocycles. The van der Waals surface area contributed by atoms with Crippen molar-refractivity contribution in [1.29, 1.82) is 0 Å². The van der Waals surface area contributed by atoms with Gasteiger partial charge in [-0.25, -0.2) is 0 Å². The molecule has 27 heavy (non-hydrogen) atoms. The van der Waals surface area contributed by atoms with Crippen LogP contribution >= 0.6 is 15.9 Å². The maximum absolute atomic E-state index is 13.0. The summed E-state index contributed by atoms with van der Waals surface area (Å²) in [5.74, 6) is -1.77. The third-order valence-corrected chi connectivity index (χ3v) is 4.99. The van der Waals surface area contributed by atoms with Crippen LogP contribution in [-0.2, 0) is 16.1 Å². The number of carboxylic acids is 1. The maximum atomic E-state index is 13.0. The number of nitrogens with zero attached hydrogens (tertiary/aromatic N) is 2. The lowest BCUT2D eigenvalue weighted by Crippen LogP contribution is -2.59. The molecule has 1 unspecified atom stereocenters. The highest BCUT2D eigenvalue weighted by Crippen LogP contribution is 2.21. The van der Waals surface area contributed by atoms with Gasteiger partial charge in [-0.1, -0.05) is 46.3 Å². The second-order valence-electron chi connectivity index (χ2n) is 6.37. The Morgan fingerprint density at radius 2 is 1.81 bits per heavy atom.